The van der Waals surface area contributed by atoms with E-state index in [1.807, 2.05) is 0 Å². The van der Waals surface area contributed by atoms with Gasteiger partial charge in [0.15, 0.2) is 18.0 Å². The number of hydrogen-bond acceptors (Lipinski definition) is 9. The summed E-state index contributed by atoms with van der Waals surface area (Å²) in [6.45, 7) is 0.309. The molecule has 0 fully saturated rings. The van der Waals surface area contributed by atoms with Crippen LogP contribution in [0.2, 0.25) is 0 Å². The normalized spacial score (nSPS) is 20.2. The van der Waals surface area contributed by atoms with Gasteiger partial charge in [-0.1, -0.05) is 0 Å². The van der Waals surface area contributed by atoms with Crippen molar-refractivity contribution in [3.63, 3.8) is 0 Å². The molecule has 0 bridgehead atoms. The second kappa shape index (κ2) is 7.72. The van der Waals surface area contributed by atoms with Crippen molar-refractivity contribution in [1.29, 1.82) is 0 Å². The van der Waals surface area contributed by atoms with Crippen molar-refractivity contribution in [1.82, 2.24) is 15.0 Å². The van der Waals surface area contributed by atoms with Crippen LogP contribution in [0, 0.1) is 5.82 Å². The van der Waals surface area contributed by atoms with Crippen LogP contribution in [-0.2, 0) is 16.2 Å². The summed E-state index contributed by atoms with van der Waals surface area (Å²) in [6.07, 6.45) is -0.622. The second-order valence-electron chi connectivity index (χ2n) is 6.89. The van der Waals surface area contributed by atoms with Crippen LogP contribution < -0.4 is 21.5 Å². The van der Waals surface area contributed by atoms with Gasteiger partial charge >= 0.3 is 12.0 Å². The number of halogens is 5. The van der Waals surface area contributed by atoms with E-state index in [1.165, 1.54) is 0 Å². The smallest absolute Gasteiger partial charge is 0.419 e. The van der Waals surface area contributed by atoms with Crippen molar-refractivity contribution < 1.29 is 36.2 Å². The molecule has 0 unspecified atom stereocenters. The molecule has 3 heterocycles. The number of hydrogen-bond donors (Lipinski definition) is 3. The molecule has 172 valence electrons. The van der Waals surface area contributed by atoms with Gasteiger partial charge in [0, 0.05) is 6.92 Å². The topological polar surface area (TPSA) is 151 Å². The Hall–Kier alpha value is -3.78. The zero-order chi connectivity index (χ0) is 23.9. The predicted octanol–water partition coefficient (Wildman–Crippen LogP) is 2.51. The molecular formula is C17H16F5N7O3. The van der Waals surface area contributed by atoms with Crippen LogP contribution in [0.25, 0.3) is 0 Å². The summed E-state index contributed by atoms with van der Waals surface area (Å²) in [4.78, 5) is 26.2. The van der Waals surface area contributed by atoms with E-state index in [4.69, 9.17) is 16.2 Å². The average molecular weight is 461 g/mol. The first kappa shape index (κ1) is 22.9. The first-order chi connectivity index (χ1) is 14.7. The van der Waals surface area contributed by atoms with Crippen molar-refractivity contribution in [2.24, 2.45) is 10.7 Å². The van der Waals surface area contributed by atoms with Crippen LogP contribution in [0.15, 0.2) is 23.3 Å². The monoisotopic (exact) mass is 461 g/mol. The Balaban J connectivity index is 1.84. The second-order valence-corrected chi connectivity index (χ2v) is 6.89. The van der Waals surface area contributed by atoms with Gasteiger partial charge in [-0.15, -0.1) is 0 Å². The molecule has 2 aromatic heterocycles. The third-order valence-corrected chi connectivity index (χ3v) is 4.39. The van der Waals surface area contributed by atoms with Gasteiger partial charge in [-0.05, 0) is 19.1 Å². The lowest BCUT2D eigenvalue weighted by molar-refractivity contribution is -0.118. The van der Waals surface area contributed by atoms with Crippen molar-refractivity contribution in [3.05, 3.63) is 35.5 Å². The molecule has 0 aromatic carbocycles. The Labute approximate surface area is 176 Å². The lowest BCUT2D eigenvalue weighted by Crippen LogP contribution is -2.51. The number of alkyl halides is 4. The number of aromatic nitrogens is 3. The van der Waals surface area contributed by atoms with Gasteiger partial charge in [0.05, 0.1) is 6.20 Å². The molecule has 15 heteroatoms. The average Bonchev–Trinajstić information content (AvgIpc) is 2.67. The van der Waals surface area contributed by atoms with Gasteiger partial charge in [-0.25, -0.2) is 29.1 Å². The number of pyridine rings is 1. The van der Waals surface area contributed by atoms with E-state index in [9.17, 15) is 26.7 Å². The summed E-state index contributed by atoms with van der Waals surface area (Å²) in [6, 6.07) is 1.14. The number of nitrogens with one attached hydrogen (secondary N) is 1. The fourth-order valence-electron chi connectivity index (χ4n) is 2.62. The molecule has 0 spiro atoms. The van der Waals surface area contributed by atoms with E-state index in [0.717, 1.165) is 19.1 Å². The van der Waals surface area contributed by atoms with Gasteiger partial charge in [0.1, 0.15) is 23.0 Å². The van der Waals surface area contributed by atoms with Crippen molar-refractivity contribution in [2.45, 2.75) is 31.2 Å². The maximum absolute atomic E-state index is 14.4. The number of anilines is 2. The molecule has 0 saturated heterocycles. The number of ether oxygens (including phenoxy) is 2. The molecule has 1 aliphatic rings. The Morgan fingerprint density at radius 1 is 1.28 bits per heavy atom. The number of nitrogens with zero attached hydrogens (tertiary/aromatic N) is 4. The van der Waals surface area contributed by atoms with E-state index >= 15 is 0 Å². The van der Waals surface area contributed by atoms with Gasteiger partial charge in [-0.3, -0.25) is 5.32 Å². The van der Waals surface area contributed by atoms with E-state index in [2.05, 4.69) is 30.0 Å². The molecule has 0 saturated carbocycles. The molecule has 32 heavy (non-hydrogen) atoms. The Morgan fingerprint density at radius 3 is 2.59 bits per heavy atom. The molecule has 1 atom stereocenters. The number of nitrogens with two attached hydrogens (primary N) is 2. The minimum absolute atomic E-state index is 0.396. The zero-order valence-corrected chi connectivity index (χ0v) is 16.5. The first-order valence-electron chi connectivity index (χ1n) is 8.75. The highest BCUT2D eigenvalue weighted by molar-refractivity contribution is 5.85. The minimum atomic E-state index is -3.68. The first-order valence-corrected chi connectivity index (χ1v) is 8.75. The summed E-state index contributed by atoms with van der Waals surface area (Å²) in [5.41, 5.74) is 6.72. The van der Waals surface area contributed by atoms with Crippen LogP contribution in [0.5, 0.6) is 5.88 Å². The predicted molar refractivity (Wildman–Crippen MR) is 99.7 cm³/mol. The summed E-state index contributed by atoms with van der Waals surface area (Å²) in [7, 11) is 0. The molecule has 5 N–H and O–H groups in total. The highest BCUT2D eigenvalue weighted by Crippen LogP contribution is 2.43. The highest BCUT2D eigenvalue weighted by Gasteiger charge is 2.57. The largest absolute Gasteiger partial charge is 0.459 e. The van der Waals surface area contributed by atoms with Crippen LogP contribution in [0.4, 0.5) is 38.4 Å². The number of rotatable bonds is 4. The molecule has 2 aromatic rings. The van der Waals surface area contributed by atoms with Crippen LogP contribution in [0.3, 0.4) is 0 Å². The minimum Gasteiger partial charge on any atom is -0.459 e. The molecule has 0 radical (unpaired) electrons. The fraction of sp³-hybridized carbons (Fsp3) is 0.353. The van der Waals surface area contributed by atoms with Gasteiger partial charge < -0.3 is 20.9 Å². The maximum atomic E-state index is 14.4. The van der Waals surface area contributed by atoms with Crippen molar-refractivity contribution in [3.8, 4) is 5.88 Å². The SMILES string of the molecule is CC(F)(F)c1cnc(OC(=O)Nc2ccc(F)c([C@@]3(C)N=C(N)OCC3(F)F)n2)c(N)n1. The molecular weight excluding hydrogens is 445 g/mol. The highest BCUT2D eigenvalue weighted by atomic mass is 19.3. The number of carbonyl (C=O) groups is 1. The summed E-state index contributed by atoms with van der Waals surface area (Å²) in [5.74, 6) is -9.76. The standard InChI is InChI=1S/C17H16F5N7O3/c1-15(17(21,22)6-31-13(24)29-15)10-7(18)3-4-9(27-10)28-14(30)32-12-11(23)26-8(5-25-12)16(2,19)20/h3-5H,6H2,1-2H3,(H2,23,26)(H2,24,29)(H,27,28,30)/t15-/m1/s1. The number of aliphatic imine (C=N–C) groups is 1. The number of amidine groups is 1. The lowest BCUT2D eigenvalue weighted by atomic mass is 9.89. The molecule has 3 rings (SSSR count). The van der Waals surface area contributed by atoms with Crippen molar-refractivity contribution in [2.75, 3.05) is 17.7 Å². The maximum Gasteiger partial charge on any atom is 0.419 e. The number of amides is 1. The fourth-order valence-corrected chi connectivity index (χ4v) is 2.62. The Morgan fingerprint density at radius 2 is 1.97 bits per heavy atom. The van der Waals surface area contributed by atoms with E-state index in [0.29, 0.717) is 13.1 Å². The van der Waals surface area contributed by atoms with Gasteiger partial charge in [0.25, 0.3) is 17.8 Å². The number of carbonyl (C=O) groups excluding carboxylic acids is 1. The number of nitrogen functional groups attached to an aromatic ring is 1. The molecule has 0 aliphatic carbocycles. The van der Waals surface area contributed by atoms with Crippen LogP contribution in [-0.4, -0.2) is 39.6 Å². The quantitative estimate of drug-likeness (QED) is 0.588. The summed E-state index contributed by atoms with van der Waals surface area (Å²) < 4.78 is 79.0. The van der Waals surface area contributed by atoms with E-state index in [-0.39, 0.29) is 0 Å². The third-order valence-electron chi connectivity index (χ3n) is 4.39. The lowest BCUT2D eigenvalue weighted by Gasteiger charge is -2.36. The summed E-state index contributed by atoms with van der Waals surface area (Å²) in [5, 5.41) is 2.06. The zero-order valence-electron chi connectivity index (χ0n) is 16.5. The Bertz CT molecular complexity index is 1090. The summed E-state index contributed by atoms with van der Waals surface area (Å²) >= 11 is 0. The molecule has 10 nitrogen and oxygen atoms in total. The van der Waals surface area contributed by atoms with Gasteiger partial charge in [0.2, 0.25) is 0 Å². The third kappa shape index (κ3) is 4.31. The molecule has 1 aliphatic heterocycles. The van der Waals surface area contributed by atoms with Crippen molar-refractivity contribution >= 4 is 23.8 Å². The Kier molecular flexibility index (Phi) is 5.53. The molecule has 1 amide bonds. The van der Waals surface area contributed by atoms with E-state index < -0.39 is 70.8 Å². The van der Waals surface area contributed by atoms with Crippen LogP contribution >= 0.6 is 0 Å². The van der Waals surface area contributed by atoms with E-state index in [1.54, 1.807) is 0 Å². The van der Waals surface area contributed by atoms with Gasteiger partial charge in [-0.2, -0.15) is 17.6 Å². The van der Waals surface area contributed by atoms with Crippen LogP contribution in [0.1, 0.15) is 25.2 Å².